The Morgan fingerprint density at radius 2 is 1.74 bits per heavy atom. The molecule has 4 nitrogen and oxygen atoms in total. The number of rotatable bonds is 2. The van der Waals surface area contributed by atoms with Gasteiger partial charge in [0.25, 0.3) is 0 Å². The van der Waals surface area contributed by atoms with Crippen LogP contribution in [0.4, 0.5) is 0 Å². The van der Waals surface area contributed by atoms with Crippen LogP contribution in [-0.4, -0.2) is 19.0 Å². The molecule has 19 heavy (non-hydrogen) atoms. The van der Waals surface area contributed by atoms with Crippen molar-refractivity contribution >= 4 is 5.78 Å². The van der Waals surface area contributed by atoms with Gasteiger partial charge in [0.2, 0.25) is 0 Å². The Morgan fingerprint density at radius 3 is 2.37 bits per heavy atom. The van der Waals surface area contributed by atoms with Gasteiger partial charge in [-0.15, -0.1) is 0 Å². The van der Waals surface area contributed by atoms with Gasteiger partial charge in [-0.25, -0.2) is 0 Å². The number of carbonyl (C=O) groups is 1. The van der Waals surface area contributed by atoms with E-state index in [0.29, 0.717) is 19.8 Å². The summed E-state index contributed by atoms with van der Waals surface area (Å²) in [5, 5.41) is 0. The highest BCUT2D eigenvalue weighted by Gasteiger charge is 2.30. The van der Waals surface area contributed by atoms with Crippen molar-refractivity contribution in [3.05, 3.63) is 22.3 Å². The second kappa shape index (κ2) is 4.85. The lowest BCUT2D eigenvalue weighted by Gasteiger charge is -2.29. The Kier molecular flexibility index (Phi) is 3.19. The lowest BCUT2D eigenvalue weighted by Crippen LogP contribution is -2.22. The normalized spacial score (nSPS) is 16.9. The largest absolute Gasteiger partial charge is 0.493 e. The van der Waals surface area contributed by atoms with E-state index in [4.69, 9.17) is 15.2 Å². The molecular weight excluding hydrogens is 242 g/mol. The Labute approximate surface area is 112 Å². The van der Waals surface area contributed by atoms with E-state index in [1.165, 1.54) is 0 Å². The topological polar surface area (TPSA) is 61.6 Å². The van der Waals surface area contributed by atoms with E-state index >= 15 is 0 Å². The van der Waals surface area contributed by atoms with Gasteiger partial charge < -0.3 is 15.2 Å². The van der Waals surface area contributed by atoms with E-state index in [9.17, 15) is 4.79 Å². The highest BCUT2D eigenvalue weighted by Crippen LogP contribution is 2.43. The molecule has 0 amide bonds. The molecule has 0 bridgehead atoms. The minimum atomic E-state index is 0.0588. The maximum Gasteiger partial charge on any atom is 0.163 e. The third-order valence-electron chi connectivity index (χ3n) is 3.91. The first-order valence-corrected chi connectivity index (χ1v) is 6.91. The highest BCUT2D eigenvalue weighted by atomic mass is 16.5. The standard InChI is InChI=1S/C15H19NO3/c1-9(17)13-11-5-3-6-18-14(11)12(8-16)10-4-2-7-19-15(10)13/h2-8,16H2,1H3. The number of benzene rings is 1. The minimum absolute atomic E-state index is 0.0588. The van der Waals surface area contributed by atoms with E-state index in [1.807, 2.05) is 0 Å². The first-order valence-electron chi connectivity index (χ1n) is 6.91. The lowest BCUT2D eigenvalue weighted by atomic mass is 9.87. The summed E-state index contributed by atoms with van der Waals surface area (Å²) < 4.78 is 11.6. The molecule has 2 aliphatic rings. The van der Waals surface area contributed by atoms with Gasteiger partial charge in [0.15, 0.2) is 5.78 Å². The van der Waals surface area contributed by atoms with E-state index in [-0.39, 0.29) is 5.78 Å². The number of nitrogens with two attached hydrogens (primary N) is 1. The molecule has 0 radical (unpaired) electrons. The summed E-state index contributed by atoms with van der Waals surface area (Å²) in [7, 11) is 0. The fourth-order valence-corrected chi connectivity index (χ4v) is 3.13. The average molecular weight is 261 g/mol. The van der Waals surface area contributed by atoms with Crippen LogP contribution in [0.3, 0.4) is 0 Å². The Morgan fingerprint density at radius 1 is 1.11 bits per heavy atom. The number of ketones is 1. The average Bonchev–Trinajstić information content (AvgIpc) is 2.44. The van der Waals surface area contributed by atoms with E-state index in [1.54, 1.807) is 6.92 Å². The molecule has 1 aromatic carbocycles. The van der Waals surface area contributed by atoms with Gasteiger partial charge in [0, 0.05) is 23.2 Å². The Hall–Kier alpha value is -1.55. The third kappa shape index (κ3) is 1.91. The number of Topliss-reactive ketones (excluding diaryl/α,β-unsaturated/α-hetero) is 1. The molecular formula is C15H19NO3. The van der Waals surface area contributed by atoms with E-state index < -0.39 is 0 Å². The molecule has 3 rings (SSSR count). The van der Waals surface area contributed by atoms with Crippen molar-refractivity contribution in [2.24, 2.45) is 5.73 Å². The number of hydrogen-bond donors (Lipinski definition) is 1. The predicted molar refractivity (Wildman–Crippen MR) is 72.0 cm³/mol. The molecule has 102 valence electrons. The second-order valence-electron chi connectivity index (χ2n) is 5.13. The summed E-state index contributed by atoms with van der Waals surface area (Å²) in [4.78, 5) is 12.0. The van der Waals surface area contributed by atoms with E-state index in [0.717, 1.165) is 59.4 Å². The van der Waals surface area contributed by atoms with Crippen molar-refractivity contribution in [2.75, 3.05) is 13.2 Å². The SMILES string of the molecule is CC(=O)c1c2c(c(CN)c3c1OCCC3)OCCC2. The van der Waals surface area contributed by atoms with Crippen molar-refractivity contribution in [2.45, 2.75) is 39.2 Å². The van der Waals surface area contributed by atoms with Crippen LogP contribution in [-0.2, 0) is 19.4 Å². The van der Waals surface area contributed by atoms with Gasteiger partial charge in [-0.05, 0) is 32.6 Å². The number of ether oxygens (including phenoxy) is 2. The van der Waals surface area contributed by atoms with Gasteiger partial charge in [0.1, 0.15) is 11.5 Å². The fourth-order valence-electron chi connectivity index (χ4n) is 3.13. The summed E-state index contributed by atoms with van der Waals surface area (Å²) >= 11 is 0. The van der Waals surface area contributed by atoms with E-state index in [2.05, 4.69) is 0 Å². The Bertz CT molecular complexity index is 500. The van der Waals surface area contributed by atoms with Crippen LogP contribution in [0.5, 0.6) is 11.5 Å². The van der Waals surface area contributed by atoms with Crippen LogP contribution in [0.15, 0.2) is 0 Å². The molecule has 1 aromatic rings. The summed E-state index contributed by atoms with van der Waals surface area (Å²) in [5.74, 6) is 1.68. The molecule has 0 unspecified atom stereocenters. The maximum absolute atomic E-state index is 12.0. The smallest absolute Gasteiger partial charge is 0.163 e. The second-order valence-corrected chi connectivity index (χ2v) is 5.13. The zero-order valence-electron chi connectivity index (χ0n) is 11.3. The quantitative estimate of drug-likeness (QED) is 0.827. The highest BCUT2D eigenvalue weighted by molar-refractivity contribution is 6.00. The predicted octanol–water partition coefficient (Wildman–Crippen LogP) is 2.00. The monoisotopic (exact) mass is 261 g/mol. The minimum Gasteiger partial charge on any atom is -0.493 e. The number of hydrogen-bond acceptors (Lipinski definition) is 4. The Balaban J connectivity index is 2.31. The van der Waals surface area contributed by atoms with Gasteiger partial charge >= 0.3 is 0 Å². The molecule has 2 aliphatic heterocycles. The van der Waals surface area contributed by atoms with Crippen molar-refractivity contribution in [3.63, 3.8) is 0 Å². The third-order valence-corrected chi connectivity index (χ3v) is 3.91. The number of fused-ring (bicyclic) bond motifs is 2. The van der Waals surface area contributed by atoms with Crippen molar-refractivity contribution in [1.82, 2.24) is 0 Å². The summed E-state index contributed by atoms with van der Waals surface area (Å²) in [6, 6.07) is 0. The van der Waals surface area contributed by atoms with Crippen LogP contribution in [0.2, 0.25) is 0 Å². The zero-order chi connectivity index (χ0) is 13.4. The molecule has 4 heteroatoms. The first-order chi connectivity index (χ1) is 9.24. The molecule has 0 saturated carbocycles. The molecule has 0 atom stereocenters. The molecule has 0 aromatic heterocycles. The fraction of sp³-hybridized carbons (Fsp3) is 0.533. The first kappa shape index (κ1) is 12.5. The van der Waals surface area contributed by atoms with Crippen LogP contribution in [0.25, 0.3) is 0 Å². The molecule has 0 saturated heterocycles. The van der Waals surface area contributed by atoms with Crippen LogP contribution in [0.1, 0.15) is 46.8 Å². The zero-order valence-corrected chi connectivity index (χ0v) is 11.3. The molecule has 0 fully saturated rings. The molecule has 0 spiro atoms. The lowest BCUT2D eigenvalue weighted by molar-refractivity contribution is 0.101. The maximum atomic E-state index is 12.0. The summed E-state index contributed by atoms with van der Waals surface area (Å²) in [6.07, 6.45) is 3.69. The molecule has 2 heterocycles. The number of carbonyl (C=O) groups excluding carboxylic acids is 1. The van der Waals surface area contributed by atoms with Gasteiger partial charge in [0.05, 0.1) is 18.8 Å². The van der Waals surface area contributed by atoms with Crippen LogP contribution < -0.4 is 15.2 Å². The van der Waals surface area contributed by atoms with Gasteiger partial charge in [-0.3, -0.25) is 4.79 Å². The molecule has 0 aliphatic carbocycles. The summed E-state index contributed by atoms with van der Waals surface area (Å²) in [5.41, 5.74) is 9.75. The van der Waals surface area contributed by atoms with Gasteiger partial charge in [-0.1, -0.05) is 0 Å². The van der Waals surface area contributed by atoms with Crippen molar-refractivity contribution < 1.29 is 14.3 Å². The van der Waals surface area contributed by atoms with Crippen LogP contribution in [0, 0.1) is 0 Å². The summed E-state index contributed by atoms with van der Waals surface area (Å²) in [6.45, 7) is 3.42. The van der Waals surface area contributed by atoms with Crippen LogP contribution >= 0.6 is 0 Å². The van der Waals surface area contributed by atoms with Gasteiger partial charge in [-0.2, -0.15) is 0 Å². The van der Waals surface area contributed by atoms with Crippen molar-refractivity contribution in [3.8, 4) is 11.5 Å². The molecule has 2 N–H and O–H groups in total. The van der Waals surface area contributed by atoms with Crippen molar-refractivity contribution in [1.29, 1.82) is 0 Å².